The number of halogens is 2. The molecule has 4 heterocycles. The summed E-state index contributed by atoms with van der Waals surface area (Å²) in [6.07, 6.45) is 6.02. The predicted molar refractivity (Wildman–Crippen MR) is 132 cm³/mol. The first-order valence-electron chi connectivity index (χ1n) is 11.6. The Balaban J connectivity index is 1.38. The van der Waals surface area contributed by atoms with Gasteiger partial charge in [0.05, 0.1) is 40.9 Å². The van der Waals surface area contributed by atoms with Crippen molar-refractivity contribution >= 4 is 40.5 Å². The summed E-state index contributed by atoms with van der Waals surface area (Å²) in [5.74, 6) is 0.364. The van der Waals surface area contributed by atoms with E-state index in [9.17, 15) is 14.0 Å². The molecule has 0 radical (unpaired) electrons. The number of nitrogens with one attached hydrogen (secondary N) is 3. The smallest absolute Gasteiger partial charge is 0.279 e. The second-order valence-corrected chi connectivity index (χ2v) is 9.50. The summed E-state index contributed by atoms with van der Waals surface area (Å²) in [7, 11) is 1.70. The van der Waals surface area contributed by atoms with Crippen molar-refractivity contribution in [2.45, 2.75) is 44.4 Å². The van der Waals surface area contributed by atoms with Crippen LogP contribution in [0.2, 0.25) is 5.02 Å². The maximum Gasteiger partial charge on any atom is 0.279 e. The van der Waals surface area contributed by atoms with Crippen LogP contribution in [0.5, 0.6) is 0 Å². The number of amides is 1. The molecule has 4 aromatic rings. The van der Waals surface area contributed by atoms with Crippen LogP contribution in [0, 0.1) is 6.92 Å². The third kappa shape index (κ3) is 3.87. The van der Waals surface area contributed by atoms with Crippen molar-refractivity contribution in [3.8, 4) is 5.69 Å². The van der Waals surface area contributed by atoms with Crippen LogP contribution in [0.3, 0.4) is 0 Å². The Hall–Kier alpha value is -3.93. The number of pyridine rings is 1. The molecule has 2 aliphatic rings. The fraction of sp³-hybridized carbons (Fsp3) is 0.348. The minimum atomic E-state index is -1.03. The van der Waals surface area contributed by atoms with Gasteiger partial charge in [0.15, 0.2) is 5.65 Å². The Morgan fingerprint density at radius 1 is 1.22 bits per heavy atom. The summed E-state index contributed by atoms with van der Waals surface area (Å²) < 4.78 is 18.2. The van der Waals surface area contributed by atoms with Crippen molar-refractivity contribution in [3.05, 3.63) is 57.4 Å². The monoisotopic (exact) mass is 511 g/mol. The molecule has 2 atom stereocenters. The Bertz CT molecular complexity index is 1570. The van der Waals surface area contributed by atoms with Gasteiger partial charge < -0.3 is 16.0 Å². The third-order valence-electron chi connectivity index (χ3n) is 6.42. The van der Waals surface area contributed by atoms with Gasteiger partial charge in [-0.25, -0.2) is 9.37 Å². The average molecular weight is 512 g/mol. The zero-order valence-electron chi connectivity index (χ0n) is 19.5. The molecule has 2 aliphatic carbocycles. The fourth-order valence-corrected chi connectivity index (χ4v) is 4.42. The van der Waals surface area contributed by atoms with Crippen LogP contribution in [-0.4, -0.2) is 54.1 Å². The molecule has 1 amide bonds. The molecule has 13 heteroatoms. The maximum absolute atomic E-state index is 13.4. The van der Waals surface area contributed by atoms with E-state index in [1.165, 1.54) is 21.3 Å². The van der Waals surface area contributed by atoms with Gasteiger partial charge in [-0.3, -0.25) is 18.8 Å². The van der Waals surface area contributed by atoms with Gasteiger partial charge >= 0.3 is 0 Å². The van der Waals surface area contributed by atoms with Gasteiger partial charge in [-0.15, -0.1) is 0 Å². The molecular formula is C23H23ClFN9O2. The lowest BCUT2D eigenvalue weighted by Gasteiger charge is -2.12. The number of rotatable bonds is 7. The molecule has 0 aliphatic heterocycles. The van der Waals surface area contributed by atoms with Crippen LogP contribution >= 0.6 is 11.6 Å². The quantitative estimate of drug-likeness (QED) is 0.348. The first-order chi connectivity index (χ1) is 17.3. The molecule has 2 saturated carbocycles. The highest BCUT2D eigenvalue weighted by Crippen LogP contribution is 2.36. The summed E-state index contributed by atoms with van der Waals surface area (Å²) >= 11 is 6.38. The average Bonchev–Trinajstić information content (AvgIpc) is 3.73. The van der Waals surface area contributed by atoms with Crippen molar-refractivity contribution in [3.63, 3.8) is 0 Å². The van der Waals surface area contributed by atoms with Gasteiger partial charge in [0, 0.05) is 25.7 Å². The van der Waals surface area contributed by atoms with E-state index in [0.29, 0.717) is 34.8 Å². The third-order valence-corrected chi connectivity index (χ3v) is 6.63. The topological polar surface area (TPSA) is 123 Å². The van der Waals surface area contributed by atoms with E-state index in [-0.39, 0.29) is 22.5 Å². The SMILES string of the molecule is CNc1cc(Nc2cc(Cl)cn(-c3cnn(C4CC4)c3C)c2=O)nc2c(C(=O)N[C@H]3C[C@H]3F)cnn12. The van der Waals surface area contributed by atoms with E-state index in [1.807, 2.05) is 11.6 Å². The number of alkyl halides is 1. The first-order valence-corrected chi connectivity index (χ1v) is 12.0. The van der Waals surface area contributed by atoms with E-state index in [4.69, 9.17) is 11.6 Å². The van der Waals surface area contributed by atoms with Crippen molar-refractivity contribution < 1.29 is 9.18 Å². The van der Waals surface area contributed by atoms with Gasteiger partial charge in [0.2, 0.25) is 0 Å². The normalized spacial score (nSPS) is 18.9. The van der Waals surface area contributed by atoms with E-state index in [2.05, 4.69) is 31.1 Å². The summed E-state index contributed by atoms with van der Waals surface area (Å²) in [6.45, 7) is 1.93. The number of hydrogen-bond acceptors (Lipinski definition) is 7. The van der Waals surface area contributed by atoms with Crippen molar-refractivity contribution in [2.75, 3.05) is 17.7 Å². The number of nitrogens with zero attached hydrogens (tertiary/aromatic N) is 6. The summed E-state index contributed by atoms with van der Waals surface area (Å²) in [5.41, 5.74) is 1.84. The number of aromatic nitrogens is 6. The first kappa shape index (κ1) is 22.5. The lowest BCUT2D eigenvalue weighted by molar-refractivity contribution is 0.0949. The summed E-state index contributed by atoms with van der Waals surface area (Å²) in [6, 6.07) is 3.06. The van der Waals surface area contributed by atoms with Gasteiger partial charge in [-0.1, -0.05) is 11.6 Å². The number of carbonyl (C=O) groups excluding carboxylic acids is 1. The highest BCUT2D eigenvalue weighted by Gasteiger charge is 2.39. The van der Waals surface area contributed by atoms with Crippen molar-refractivity contribution in [2.24, 2.45) is 0 Å². The van der Waals surface area contributed by atoms with Gasteiger partial charge in [0.1, 0.15) is 29.1 Å². The Morgan fingerprint density at radius 2 is 2.00 bits per heavy atom. The lowest BCUT2D eigenvalue weighted by Crippen LogP contribution is -2.27. The van der Waals surface area contributed by atoms with E-state index in [1.54, 1.807) is 25.5 Å². The molecule has 0 saturated heterocycles. The number of anilines is 3. The van der Waals surface area contributed by atoms with E-state index >= 15 is 0 Å². The van der Waals surface area contributed by atoms with Gasteiger partial charge in [-0.05, 0) is 25.8 Å². The maximum atomic E-state index is 13.4. The van der Waals surface area contributed by atoms with Crippen LogP contribution in [0.4, 0.5) is 21.7 Å². The number of fused-ring (bicyclic) bond motifs is 1. The molecule has 6 rings (SSSR count). The highest BCUT2D eigenvalue weighted by molar-refractivity contribution is 6.30. The van der Waals surface area contributed by atoms with Crippen LogP contribution in [-0.2, 0) is 0 Å². The zero-order valence-corrected chi connectivity index (χ0v) is 20.3. The minimum absolute atomic E-state index is 0.195. The van der Waals surface area contributed by atoms with Crippen LogP contribution < -0.4 is 21.5 Å². The Kier molecular flexibility index (Phi) is 5.21. The molecule has 4 aromatic heterocycles. The van der Waals surface area contributed by atoms with Crippen LogP contribution in [0.15, 0.2) is 35.5 Å². The minimum Gasteiger partial charge on any atom is -0.373 e. The molecular weight excluding hydrogens is 489 g/mol. The predicted octanol–water partition coefficient (Wildman–Crippen LogP) is 3.00. The lowest BCUT2D eigenvalue weighted by atomic mass is 10.3. The zero-order chi connectivity index (χ0) is 25.1. The summed E-state index contributed by atoms with van der Waals surface area (Å²) in [5, 5.41) is 17.7. The fourth-order valence-electron chi connectivity index (χ4n) is 4.22. The summed E-state index contributed by atoms with van der Waals surface area (Å²) in [4.78, 5) is 30.6. The molecule has 11 nitrogen and oxygen atoms in total. The van der Waals surface area contributed by atoms with E-state index in [0.717, 1.165) is 18.5 Å². The molecule has 3 N–H and O–H groups in total. The van der Waals surface area contributed by atoms with Crippen molar-refractivity contribution in [1.29, 1.82) is 0 Å². The molecule has 186 valence electrons. The Labute approximate surface area is 209 Å². The van der Waals surface area contributed by atoms with Gasteiger partial charge in [0.25, 0.3) is 11.5 Å². The number of carbonyl (C=O) groups is 1. The number of hydrogen-bond donors (Lipinski definition) is 3. The van der Waals surface area contributed by atoms with E-state index < -0.39 is 18.1 Å². The molecule has 36 heavy (non-hydrogen) atoms. The van der Waals surface area contributed by atoms with Crippen LogP contribution in [0.1, 0.15) is 41.4 Å². The van der Waals surface area contributed by atoms with Crippen molar-refractivity contribution in [1.82, 2.24) is 34.3 Å². The second-order valence-electron chi connectivity index (χ2n) is 9.07. The van der Waals surface area contributed by atoms with Gasteiger partial charge in [-0.2, -0.15) is 14.7 Å². The molecule has 0 spiro atoms. The molecule has 0 bridgehead atoms. The highest BCUT2D eigenvalue weighted by atomic mass is 35.5. The molecule has 2 fully saturated rings. The standard InChI is InChI=1S/C23H23ClFN9O2/c1-11-18(9-28-33(11)13-3-4-13)32-10-12(24)5-17(23(32)36)29-19-7-20(26-2)34-21(31-19)14(8-27-34)22(35)30-16-6-15(16)25/h5,7-10,13,15-16,26H,3-4,6H2,1-2H3,(H,29,31)(H,30,35)/t15-,16+/m1/s1. The van der Waals surface area contributed by atoms with Crippen LogP contribution in [0.25, 0.3) is 11.3 Å². The second kappa shape index (κ2) is 8.33. The molecule has 0 aromatic carbocycles. The largest absolute Gasteiger partial charge is 0.373 e. The molecule has 0 unspecified atom stereocenters. The Morgan fingerprint density at radius 3 is 2.69 bits per heavy atom.